The fourth-order valence-corrected chi connectivity index (χ4v) is 5.53. The van der Waals surface area contributed by atoms with Crippen LogP contribution in [0.4, 0.5) is 0 Å². The first kappa shape index (κ1) is 23.0. The highest BCUT2D eigenvalue weighted by atomic mass is 32.2. The molecule has 10 heteroatoms. The smallest absolute Gasteiger partial charge is 0.338 e. The second-order valence-electron chi connectivity index (χ2n) is 8.24. The second kappa shape index (κ2) is 8.80. The normalized spacial score (nSPS) is 19.9. The molecule has 168 valence electrons. The molecule has 0 saturated carbocycles. The SMILES string of the molecule is CC1CC(C)CN(S(=O)(=O)c2ccc(C(=O)OCc3cc(=O)n(C)c(=O)n3C)cc2)C1. The number of carbonyl (C=O) groups is 1. The zero-order chi connectivity index (χ0) is 22.9. The molecule has 1 aromatic carbocycles. The predicted octanol–water partition coefficient (Wildman–Crippen LogP) is 1.11. The number of rotatable bonds is 5. The minimum Gasteiger partial charge on any atom is -0.456 e. The van der Waals surface area contributed by atoms with Crippen LogP contribution in [0, 0.1) is 11.8 Å². The van der Waals surface area contributed by atoms with Gasteiger partial charge in [-0.25, -0.2) is 18.0 Å². The highest BCUT2D eigenvalue weighted by Crippen LogP contribution is 2.26. The quantitative estimate of drug-likeness (QED) is 0.633. The van der Waals surface area contributed by atoms with Crippen molar-refractivity contribution >= 4 is 16.0 Å². The predicted molar refractivity (Wildman–Crippen MR) is 114 cm³/mol. The summed E-state index contributed by atoms with van der Waals surface area (Å²) < 4.78 is 34.8. The van der Waals surface area contributed by atoms with Crippen molar-refractivity contribution in [3.8, 4) is 0 Å². The van der Waals surface area contributed by atoms with Gasteiger partial charge in [-0.1, -0.05) is 13.8 Å². The Hall–Kier alpha value is -2.72. The van der Waals surface area contributed by atoms with E-state index in [4.69, 9.17) is 4.74 Å². The lowest BCUT2D eigenvalue weighted by atomic mass is 9.94. The maximum atomic E-state index is 12.9. The van der Waals surface area contributed by atoms with Crippen LogP contribution in [0.15, 0.2) is 44.8 Å². The van der Waals surface area contributed by atoms with E-state index in [1.54, 1.807) is 0 Å². The topological polar surface area (TPSA) is 108 Å². The third kappa shape index (κ3) is 4.80. The van der Waals surface area contributed by atoms with Crippen molar-refractivity contribution in [2.75, 3.05) is 13.1 Å². The van der Waals surface area contributed by atoms with Crippen LogP contribution in [0.25, 0.3) is 0 Å². The van der Waals surface area contributed by atoms with Crippen molar-refractivity contribution in [2.45, 2.75) is 31.8 Å². The summed E-state index contributed by atoms with van der Waals surface area (Å²) in [6.07, 6.45) is 0.996. The molecule has 0 amide bonds. The monoisotopic (exact) mass is 449 g/mol. The zero-order valence-corrected chi connectivity index (χ0v) is 18.9. The lowest BCUT2D eigenvalue weighted by molar-refractivity contribution is 0.0462. The molecule has 1 aromatic heterocycles. The average molecular weight is 450 g/mol. The van der Waals surface area contributed by atoms with E-state index in [0.717, 1.165) is 11.0 Å². The van der Waals surface area contributed by atoms with Crippen LogP contribution < -0.4 is 11.2 Å². The van der Waals surface area contributed by atoms with E-state index in [9.17, 15) is 22.8 Å². The van der Waals surface area contributed by atoms with Gasteiger partial charge in [0.25, 0.3) is 5.56 Å². The van der Waals surface area contributed by atoms with Crippen molar-refractivity contribution in [1.29, 1.82) is 0 Å². The summed E-state index contributed by atoms with van der Waals surface area (Å²) >= 11 is 0. The summed E-state index contributed by atoms with van der Waals surface area (Å²) in [5.41, 5.74) is -0.582. The molecule has 2 aromatic rings. The minimum atomic E-state index is -3.64. The molecule has 0 bridgehead atoms. The van der Waals surface area contributed by atoms with Crippen molar-refractivity contribution < 1.29 is 17.9 Å². The van der Waals surface area contributed by atoms with Crippen molar-refractivity contribution in [3.63, 3.8) is 0 Å². The molecular weight excluding hydrogens is 422 g/mol. The summed E-state index contributed by atoms with van der Waals surface area (Å²) in [4.78, 5) is 36.2. The van der Waals surface area contributed by atoms with Crippen LogP contribution >= 0.6 is 0 Å². The Kier molecular flexibility index (Phi) is 6.51. The number of nitrogens with zero attached hydrogens (tertiary/aromatic N) is 3. The van der Waals surface area contributed by atoms with Crippen molar-refractivity contribution in [1.82, 2.24) is 13.4 Å². The maximum absolute atomic E-state index is 12.9. The van der Waals surface area contributed by atoms with Crippen molar-refractivity contribution in [2.24, 2.45) is 25.9 Å². The summed E-state index contributed by atoms with van der Waals surface area (Å²) in [5.74, 6) is -0.102. The van der Waals surface area contributed by atoms with E-state index >= 15 is 0 Å². The van der Waals surface area contributed by atoms with Crippen LogP contribution in [0.1, 0.15) is 36.3 Å². The Morgan fingerprint density at radius 1 is 1.03 bits per heavy atom. The number of aromatic nitrogens is 2. The number of esters is 1. The number of hydrogen-bond acceptors (Lipinski definition) is 6. The highest BCUT2D eigenvalue weighted by molar-refractivity contribution is 7.89. The molecule has 3 rings (SSSR count). The lowest BCUT2D eigenvalue weighted by Gasteiger charge is -2.34. The molecule has 1 saturated heterocycles. The van der Waals surface area contributed by atoms with Gasteiger partial charge in [0.05, 0.1) is 16.2 Å². The lowest BCUT2D eigenvalue weighted by Crippen LogP contribution is -2.42. The van der Waals surface area contributed by atoms with Crippen LogP contribution in [-0.4, -0.2) is 40.9 Å². The summed E-state index contributed by atoms with van der Waals surface area (Å²) in [7, 11) is -0.797. The Bertz CT molecular complexity index is 1190. The molecule has 2 heterocycles. The van der Waals surface area contributed by atoms with Crippen LogP contribution in [0.2, 0.25) is 0 Å². The van der Waals surface area contributed by atoms with Gasteiger partial charge in [0, 0.05) is 33.3 Å². The van der Waals surface area contributed by atoms with Gasteiger partial charge >= 0.3 is 11.7 Å². The van der Waals surface area contributed by atoms with Crippen molar-refractivity contribution in [3.05, 3.63) is 62.4 Å². The van der Waals surface area contributed by atoms with Crippen LogP contribution in [-0.2, 0) is 35.5 Å². The molecule has 0 radical (unpaired) electrons. The molecule has 0 spiro atoms. The van der Waals surface area contributed by atoms with Gasteiger partial charge in [-0.15, -0.1) is 0 Å². The van der Waals surface area contributed by atoms with Gasteiger partial charge in [0.15, 0.2) is 0 Å². The molecule has 9 nitrogen and oxygen atoms in total. The maximum Gasteiger partial charge on any atom is 0.338 e. The molecule has 1 aliphatic rings. The van der Waals surface area contributed by atoms with Gasteiger partial charge in [-0.3, -0.25) is 13.9 Å². The largest absolute Gasteiger partial charge is 0.456 e. The number of carbonyl (C=O) groups excluding carboxylic acids is 1. The molecule has 1 fully saturated rings. The Morgan fingerprint density at radius 2 is 1.61 bits per heavy atom. The fraction of sp³-hybridized carbons (Fsp3) is 0.476. The van der Waals surface area contributed by atoms with E-state index in [-0.39, 0.29) is 22.8 Å². The summed E-state index contributed by atoms with van der Waals surface area (Å²) in [5, 5.41) is 0. The van der Waals surface area contributed by atoms with Gasteiger partial charge < -0.3 is 4.74 Å². The number of sulfonamides is 1. The Balaban J connectivity index is 1.72. The molecule has 2 atom stereocenters. The molecule has 0 N–H and O–H groups in total. The number of ether oxygens (including phenoxy) is 1. The standard InChI is InChI=1S/C21H27N3O6S/c1-14-9-15(2)12-24(11-14)31(28,29)18-7-5-16(6-8-18)20(26)30-13-17-10-19(25)23(4)21(27)22(17)3/h5-8,10,14-15H,9,11-13H2,1-4H3. The molecule has 2 unspecified atom stereocenters. The third-order valence-corrected chi connectivity index (χ3v) is 7.39. The van der Waals surface area contributed by atoms with Gasteiger partial charge in [0.1, 0.15) is 6.61 Å². The van der Waals surface area contributed by atoms with Gasteiger partial charge in [-0.2, -0.15) is 4.31 Å². The zero-order valence-electron chi connectivity index (χ0n) is 18.1. The van der Waals surface area contributed by atoms with E-state index in [0.29, 0.717) is 24.9 Å². The molecule has 31 heavy (non-hydrogen) atoms. The number of hydrogen-bond donors (Lipinski definition) is 0. The first-order valence-corrected chi connectivity index (χ1v) is 11.5. The van der Waals surface area contributed by atoms with Crippen LogP contribution in [0.3, 0.4) is 0 Å². The van der Waals surface area contributed by atoms with E-state index in [1.165, 1.54) is 53.3 Å². The average Bonchev–Trinajstić information content (AvgIpc) is 2.73. The van der Waals surface area contributed by atoms with Crippen LogP contribution in [0.5, 0.6) is 0 Å². The van der Waals surface area contributed by atoms with E-state index < -0.39 is 27.2 Å². The summed E-state index contributed by atoms with van der Waals surface area (Å²) in [6.45, 7) is 4.77. The van der Waals surface area contributed by atoms with E-state index in [2.05, 4.69) is 0 Å². The Morgan fingerprint density at radius 3 is 2.19 bits per heavy atom. The number of piperidine rings is 1. The molecular formula is C21H27N3O6S. The fourth-order valence-electron chi connectivity index (χ4n) is 3.85. The van der Waals surface area contributed by atoms with Gasteiger partial charge in [0.2, 0.25) is 10.0 Å². The molecule has 0 aliphatic carbocycles. The summed E-state index contributed by atoms with van der Waals surface area (Å²) in [6, 6.07) is 6.81. The molecule has 1 aliphatic heterocycles. The Labute approximate surface area is 180 Å². The van der Waals surface area contributed by atoms with E-state index in [1.807, 2.05) is 13.8 Å². The number of benzene rings is 1. The first-order chi connectivity index (χ1) is 14.5. The third-order valence-electron chi connectivity index (χ3n) is 5.54. The highest BCUT2D eigenvalue weighted by Gasteiger charge is 2.31. The first-order valence-electron chi connectivity index (χ1n) is 10.0. The second-order valence-corrected chi connectivity index (χ2v) is 10.2. The minimum absolute atomic E-state index is 0.124. The van der Waals surface area contributed by atoms with Gasteiger partial charge in [-0.05, 0) is 42.5 Å².